The first-order chi connectivity index (χ1) is 8.16. The van der Waals surface area contributed by atoms with Crippen molar-refractivity contribution in [3.63, 3.8) is 0 Å². The van der Waals surface area contributed by atoms with Gasteiger partial charge in [0, 0.05) is 18.0 Å². The van der Waals surface area contributed by atoms with E-state index in [1.54, 1.807) is 13.8 Å². The van der Waals surface area contributed by atoms with Crippen molar-refractivity contribution in [2.24, 2.45) is 17.8 Å². The van der Waals surface area contributed by atoms with E-state index in [2.05, 4.69) is 10.0 Å². The van der Waals surface area contributed by atoms with Crippen LogP contribution < -0.4 is 10.0 Å². The Morgan fingerprint density at radius 2 is 1.78 bits per heavy atom. The third-order valence-electron chi connectivity index (χ3n) is 3.78. The Hall–Kier alpha value is -0.620. The second-order valence-corrected chi connectivity index (χ2v) is 8.15. The van der Waals surface area contributed by atoms with Crippen LogP contribution in [0.5, 0.6) is 0 Å². The van der Waals surface area contributed by atoms with Crippen LogP contribution in [0.4, 0.5) is 0 Å². The molecule has 0 spiro atoms. The lowest BCUT2D eigenvalue weighted by Gasteiger charge is -2.26. The summed E-state index contributed by atoms with van der Waals surface area (Å²) < 4.78 is 24.9. The van der Waals surface area contributed by atoms with Crippen LogP contribution in [0.15, 0.2) is 0 Å². The van der Waals surface area contributed by atoms with Crippen molar-refractivity contribution < 1.29 is 13.2 Å². The van der Waals surface area contributed by atoms with Gasteiger partial charge in [-0.05, 0) is 44.9 Å². The molecule has 0 radical (unpaired) electrons. The fraction of sp³-hybridized carbons (Fsp3) is 0.917. The summed E-state index contributed by atoms with van der Waals surface area (Å²) in [4.78, 5) is 11.9. The highest BCUT2D eigenvalue weighted by atomic mass is 32.2. The SMILES string of the molecule is CC(C)(CNC(=O)C1CC2CC2C1)NS(C)(=O)=O. The maximum Gasteiger partial charge on any atom is 0.223 e. The molecule has 2 unspecified atom stereocenters. The lowest BCUT2D eigenvalue weighted by molar-refractivity contribution is -0.125. The van der Waals surface area contributed by atoms with E-state index in [4.69, 9.17) is 0 Å². The molecule has 18 heavy (non-hydrogen) atoms. The van der Waals surface area contributed by atoms with Gasteiger partial charge in [-0.1, -0.05) is 0 Å². The molecule has 2 N–H and O–H groups in total. The van der Waals surface area contributed by atoms with Crippen molar-refractivity contribution in [2.75, 3.05) is 12.8 Å². The molecule has 0 heterocycles. The van der Waals surface area contributed by atoms with Crippen molar-refractivity contribution in [1.29, 1.82) is 0 Å². The predicted molar refractivity (Wildman–Crippen MR) is 69.4 cm³/mol. The van der Waals surface area contributed by atoms with Gasteiger partial charge >= 0.3 is 0 Å². The summed E-state index contributed by atoms with van der Waals surface area (Å²) in [7, 11) is -3.25. The average Bonchev–Trinajstić information content (AvgIpc) is 2.79. The van der Waals surface area contributed by atoms with E-state index < -0.39 is 15.6 Å². The second kappa shape index (κ2) is 4.49. The summed E-state index contributed by atoms with van der Waals surface area (Å²) in [5.74, 6) is 1.78. The summed E-state index contributed by atoms with van der Waals surface area (Å²) in [5, 5.41) is 2.86. The van der Waals surface area contributed by atoms with E-state index >= 15 is 0 Å². The smallest absolute Gasteiger partial charge is 0.223 e. The molecule has 2 rings (SSSR count). The van der Waals surface area contributed by atoms with E-state index in [-0.39, 0.29) is 11.8 Å². The van der Waals surface area contributed by atoms with E-state index in [0.29, 0.717) is 6.54 Å². The minimum Gasteiger partial charge on any atom is -0.354 e. The average molecular weight is 274 g/mol. The third kappa shape index (κ3) is 3.68. The Morgan fingerprint density at radius 1 is 1.22 bits per heavy atom. The number of sulfonamides is 1. The highest BCUT2D eigenvalue weighted by molar-refractivity contribution is 7.88. The Morgan fingerprint density at radius 3 is 2.28 bits per heavy atom. The molecular weight excluding hydrogens is 252 g/mol. The van der Waals surface area contributed by atoms with Crippen LogP contribution >= 0.6 is 0 Å². The van der Waals surface area contributed by atoms with Crippen molar-refractivity contribution in [3.05, 3.63) is 0 Å². The van der Waals surface area contributed by atoms with Crippen molar-refractivity contribution >= 4 is 15.9 Å². The van der Waals surface area contributed by atoms with Gasteiger partial charge in [-0.25, -0.2) is 13.1 Å². The lowest BCUT2D eigenvalue weighted by Crippen LogP contribution is -2.51. The van der Waals surface area contributed by atoms with Crippen molar-refractivity contribution in [2.45, 2.75) is 38.6 Å². The largest absolute Gasteiger partial charge is 0.354 e. The quantitative estimate of drug-likeness (QED) is 0.765. The summed E-state index contributed by atoms with van der Waals surface area (Å²) in [5.41, 5.74) is -0.648. The first kappa shape index (κ1) is 13.8. The van der Waals surface area contributed by atoms with Gasteiger partial charge < -0.3 is 5.32 Å². The first-order valence-electron chi connectivity index (χ1n) is 6.43. The van der Waals surface area contributed by atoms with Crippen molar-refractivity contribution in [3.8, 4) is 0 Å². The van der Waals surface area contributed by atoms with Gasteiger partial charge in [-0.3, -0.25) is 4.79 Å². The first-order valence-corrected chi connectivity index (χ1v) is 8.32. The normalized spacial score (nSPS) is 30.9. The predicted octanol–water partition coefficient (Wildman–Crippen LogP) is 0.477. The van der Waals surface area contributed by atoms with Crippen LogP contribution in [-0.4, -0.2) is 32.7 Å². The molecule has 2 atom stereocenters. The zero-order chi connectivity index (χ0) is 13.6. The third-order valence-corrected chi connectivity index (χ3v) is 4.70. The molecule has 0 aromatic carbocycles. The number of fused-ring (bicyclic) bond motifs is 1. The highest BCUT2D eigenvalue weighted by Crippen LogP contribution is 2.54. The maximum absolute atomic E-state index is 11.9. The molecule has 2 aliphatic rings. The van der Waals surface area contributed by atoms with Gasteiger partial charge in [0.1, 0.15) is 0 Å². The van der Waals surface area contributed by atoms with Crippen LogP contribution in [0.3, 0.4) is 0 Å². The van der Waals surface area contributed by atoms with Gasteiger partial charge in [0.15, 0.2) is 0 Å². The summed E-state index contributed by atoms with van der Waals surface area (Å²) in [6.45, 7) is 3.85. The Labute approximate surface area is 109 Å². The van der Waals surface area contributed by atoms with Gasteiger partial charge in [0.2, 0.25) is 15.9 Å². The highest BCUT2D eigenvalue weighted by Gasteiger charge is 2.48. The number of amides is 1. The molecule has 0 aliphatic heterocycles. The van der Waals surface area contributed by atoms with Crippen LogP contribution in [0.2, 0.25) is 0 Å². The topological polar surface area (TPSA) is 75.3 Å². The van der Waals surface area contributed by atoms with Gasteiger partial charge in [0.25, 0.3) is 0 Å². The van der Waals surface area contributed by atoms with E-state index in [1.807, 2.05) is 0 Å². The lowest BCUT2D eigenvalue weighted by atomic mass is 10.0. The monoisotopic (exact) mass is 274 g/mol. The van der Waals surface area contributed by atoms with Gasteiger partial charge in [-0.2, -0.15) is 0 Å². The zero-order valence-corrected chi connectivity index (χ0v) is 12.0. The number of hydrogen-bond donors (Lipinski definition) is 2. The number of rotatable bonds is 5. The van der Waals surface area contributed by atoms with Crippen LogP contribution in [0.25, 0.3) is 0 Å². The number of carbonyl (C=O) groups excluding carboxylic acids is 1. The van der Waals surface area contributed by atoms with Crippen LogP contribution in [-0.2, 0) is 14.8 Å². The molecule has 1 amide bonds. The maximum atomic E-state index is 11.9. The summed E-state index contributed by atoms with van der Waals surface area (Å²) in [6.07, 6.45) is 4.44. The zero-order valence-electron chi connectivity index (χ0n) is 11.2. The minimum atomic E-state index is -3.25. The number of hydrogen-bond acceptors (Lipinski definition) is 3. The molecule has 2 fully saturated rings. The fourth-order valence-corrected chi connectivity index (χ4v) is 4.00. The molecule has 2 aliphatic carbocycles. The molecule has 0 bridgehead atoms. The molecule has 2 saturated carbocycles. The van der Waals surface area contributed by atoms with Crippen LogP contribution in [0.1, 0.15) is 33.1 Å². The molecule has 0 aromatic heterocycles. The molecule has 104 valence electrons. The Kier molecular flexibility index (Phi) is 3.44. The summed E-state index contributed by atoms with van der Waals surface area (Å²) >= 11 is 0. The van der Waals surface area contributed by atoms with E-state index in [9.17, 15) is 13.2 Å². The van der Waals surface area contributed by atoms with Crippen molar-refractivity contribution in [1.82, 2.24) is 10.0 Å². The molecule has 0 saturated heterocycles. The van der Waals surface area contributed by atoms with Crippen LogP contribution in [0, 0.1) is 17.8 Å². The molecular formula is C12H22N2O3S. The van der Waals surface area contributed by atoms with E-state index in [0.717, 1.165) is 30.9 Å². The van der Waals surface area contributed by atoms with Gasteiger partial charge in [-0.15, -0.1) is 0 Å². The Bertz CT molecular complexity index is 434. The minimum absolute atomic E-state index is 0.0746. The standard InChI is InChI=1S/C12H22N2O3S/c1-12(2,14-18(3,16)17)7-13-11(15)10-5-8-4-9(8)6-10/h8-10,14H,4-7H2,1-3H3,(H,13,15). The molecule has 6 heteroatoms. The summed E-state index contributed by atoms with van der Waals surface area (Å²) in [6, 6.07) is 0. The second-order valence-electron chi connectivity index (χ2n) is 6.40. The number of nitrogens with one attached hydrogen (secondary N) is 2. The fourth-order valence-electron chi connectivity index (χ4n) is 2.92. The molecule has 5 nitrogen and oxygen atoms in total. The van der Waals surface area contributed by atoms with E-state index in [1.165, 1.54) is 6.42 Å². The number of carbonyl (C=O) groups is 1. The van der Waals surface area contributed by atoms with Gasteiger partial charge in [0.05, 0.1) is 6.26 Å². The Balaban J connectivity index is 1.78. The molecule has 0 aromatic rings.